The lowest BCUT2D eigenvalue weighted by molar-refractivity contribution is -0.144. The van der Waals surface area contributed by atoms with Gasteiger partial charge in [0.1, 0.15) is 11.3 Å². The van der Waals surface area contributed by atoms with E-state index in [1.54, 1.807) is 13.3 Å². The largest absolute Gasteiger partial charge is 0.497 e. The summed E-state index contributed by atoms with van der Waals surface area (Å²) >= 11 is 0. The zero-order chi connectivity index (χ0) is 20.3. The maximum absolute atomic E-state index is 13.5. The van der Waals surface area contributed by atoms with E-state index < -0.39 is 5.54 Å². The zero-order valence-corrected chi connectivity index (χ0v) is 18.1. The van der Waals surface area contributed by atoms with Crippen molar-refractivity contribution in [3.8, 4) is 5.75 Å². The first-order valence-corrected chi connectivity index (χ1v) is 10.3. The average Bonchev–Trinajstić information content (AvgIpc) is 3.34. The van der Waals surface area contributed by atoms with E-state index in [0.29, 0.717) is 31.5 Å². The maximum atomic E-state index is 13.5. The molecule has 0 atom stereocenters. The topological polar surface area (TPSA) is 76.5 Å². The number of amides is 1. The highest BCUT2D eigenvalue weighted by atomic mass is 35.5. The number of likely N-dealkylation sites (tertiary alicyclic amines) is 1. The number of nitrogens with one attached hydrogen (secondary N) is 1. The van der Waals surface area contributed by atoms with E-state index in [1.807, 2.05) is 46.1 Å². The fourth-order valence-electron chi connectivity index (χ4n) is 4.53. The number of carbonyl (C=O) groups is 2. The highest BCUT2D eigenvalue weighted by Gasteiger charge is 2.45. The Kier molecular flexibility index (Phi) is 7.15. The molecule has 1 amide bonds. The Balaban J connectivity index is 0.00000256. The standard InChI is InChI=1S/C22H28N4O3.ClH/c1-29-19-5-3-17(4-6-19)20(27)18-7-15-25(16-8-18)21(28)22(9-12-23-13-10-22)26-14-2-11-24-26;/h2-6,11,14,18,23H,7-10,12-13,15-16H2,1H3;1H. The molecule has 4 rings (SSSR count). The normalized spacial score (nSPS) is 19.0. The number of carbonyl (C=O) groups excluding carboxylic acids is 2. The zero-order valence-electron chi connectivity index (χ0n) is 17.3. The van der Waals surface area contributed by atoms with Gasteiger partial charge in [-0.05, 0) is 69.1 Å². The quantitative estimate of drug-likeness (QED) is 0.734. The summed E-state index contributed by atoms with van der Waals surface area (Å²) in [5, 5.41) is 7.74. The summed E-state index contributed by atoms with van der Waals surface area (Å²) in [6, 6.07) is 9.14. The Labute approximate surface area is 183 Å². The lowest BCUT2D eigenvalue weighted by Crippen LogP contribution is -2.57. The van der Waals surface area contributed by atoms with Crippen LogP contribution in [0.1, 0.15) is 36.0 Å². The number of methoxy groups -OCH3 is 1. The van der Waals surface area contributed by atoms with Crippen LogP contribution in [0.2, 0.25) is 0 Å². The van der Waals surface area contributed by atoms with Crippen LogP contribution in [-0.4, -0.2) is 59.7 Å². The second-order valence-corrected chi connectivity index (χ2v) is 7.89. The third-order valence-corrected chi connectivity index (χ3v) is 6.30. The molecule has 0 bridgehead atoms. The lowest BCUT2D eigenvalue weighted by Gasteiger charge is -2.42. The first-order chi connectivity index (χ1) is 14.1. The van der Waals surface area contributed by atoms with Crippen LogP contribution in [-0.2, 0) is 10.3 Å². The molecular weight excluding hydrogens is 404 g/mol. The summed E-state index contributed by atoms with van der Waals surface area (Å²) < 4.78 is 7.00. The van der Waals surface area contributed by atoms with Crippen molar-refractivity contribution < 1.29 is 14.3 Å². The minimum absolute atomic E-state index is 0. The predicted molar refractivity (Wildman–Crippen MR) is 116 cm³/mol. The average molecular weight is 433 g/mol. The van der Waals surface area contributed by atoms with Crippen molar-refractivity contribution in [3.05, 3.63) is 48.3 Å². The van der Waals surface area contributed by atoms with Crippen LogP contribution in [0.4, 0.5) is 0 Å². The maximum Gasteiger partial charge on any atom is 0.250 e. The highest BCUT2D eigenvalue weighted by molar-refractivity contribution is 5.98. The molecule has 2 fully saturated rings. The van der Waals surface area contributed by atoms with Crippen LogP contribution in [0.15, 0.2) is 42.7 Å². The molecule has 30 heavy (non-hydrogen) atoms. The van der Waals surface area contributed by atoms with Gasteiger partial charge in [0, 0.05) is 37.0 Å². The minimum Gasteiger partial charge on any atom is -0.497 e. The van der Waals surface area contributed by atoms with Gasteiger partial charge in [-0.25, -0.2) is 0 Å². The number of Topliss-reactive ketones (excluding diaryl/α,β-unsaturated/α-hetero) is 1. The Morgan fingerprint density at radius 3 is 2.37 bits per heavy atom. The van der Waals surface area contributed by atoms with Gasteiger partial charge in [0.2, 0.25) is 0 Å². The van der Waals surface area contributed by atoms with Crippen molar-refractivity contribution in [2.45, 2.75) is 31.2 Å². The molecule has 0 aliphatic carbocycles. The van der Waals surface area contributed by atoms with Gasteiger partial charge in [-0.15, -0.1) is 12.4 Å². The van der Waals surface area contributed by atoms with Crippen LogP contribution in [0.25, 0.3) is 0 Å². The van der Waals surface area contributed by atoms with Gasteiger partial charge in [0.25, 0.3) is 5.91 Å². The molecule has 2 aliphatic heterocycles. The van der Waals surface area contributed by atoms with Gasteiger partial charge >= 0.3 is 0 Å². The van der Waals surface area contributed by atoms with E-state index in [1.165, 1.54) is 0 Å². The molecule has 162 valence electrons. The molecule has 1 N–H and O–H groups in total. The monoisotopic (exact) mass is 432 g/mol. The van der Waals surface area contributed by atoms with Crippen molar-refractivity contribution in [2.75, 3.05) is 33.3 Å². The molecule has 3 heterocycles. The van der Waals surface area contributed by atoms with Crippen LogP contribution >= 0.6 is 12.4 Å². The molecule has 1 aromatic heterocycles. The number of hydrogen-bond acceptors (Lipinski definition) is 5. The fourth-order valence-corrected chi connectivity index (χ4v) is 4.53. The molecule has 0 spiro atoms. The Bertz CT molecular complexity index is 840. The van der Waals surface area contributed by atoms with E-state index in [4.69, 9.17) is 4.74 Å². The van der Waals surface area contributed by atoms with E-state index in [9.17, 15) is 9.59 Å². The van der Waals surface area contributed by atoms with Gasteiger partial charge in [0.05, 0.1) is 7.11 Å². The van der Waals surface area contributed by atoms with Crippen molar-refractivity contribution >= 4 is 24.1 Å². The van der Waals surface area contributed by atoms with Crippen molar-refractivity contribution in [1.82, 2.24) is 20.0 Å². The SMILES string of the molecule is COc1ccc(C(=O)C2CCN(C(=O)C3(n4cccn4)CCNCC3)CC2)cc1.Cl. The van der Waals surface area contributed by atoms with Crippen molar-refractivity contribution in [1.29, 1.82) is 0 Å². The van der Waals surface area contributed by atoms with Crippen LogP contribution in [0, 0.1) is 5.92 Å². The first-order valence-electron chi connectivity index (χ1n) is 10.3. The molecule has 1 aromatic carbocycles. The molecular formula is C22H29ClN4O3. The molecule has 0 unspecified atom stereocenters. The summed E-state index contributed by atoms with van der Waals surface area (Å²) in [4.78, 5) is 28.3. The van der Waals surface area contributed by atoms with Crippen LogP contribution in [0.3, 0.4) is 0 Å². The van der Waals surface area contributed by atoms with Gasteiger partial charge in [0.15, 0.2) is 5.78 Å². The number of ketones is 1. The molecule has 2 saturated heterocycles. The van der Waals surface area contributed by atoms with E-state index in [2.05, 4.69) is 10.4 Å². The van der Waals surface area contributed by atoms with E-state index in [0.717, 1.165) is 31.7 Å². The smallest absolute Gasteiger partial charge is 0.250 e. The van der Waals surface area contributed by atoms with Gasteiger partial charge in [-0.2, -0.15) is 5.10 Å². The van der Waals surface area contributed by atoms with Crippen molar-refractivity contribution in [3.63, 3.8) is 0 Å². The number of halogens is 1. The van der Waals surface area contributed by atoms with E-state index >= 15 is 0 Å². The Morgan fingerprint density at radius 2 is 1.80 bits per heavy atom. The molecule has 2 aliphatic rings. The third kappa shape index (κ3) is 4.23. The first kappa shape index (κ1) is 22.3. The summed E-state index contributed by atoms with van der Waals surface area (Å²) in [5.41, 5.74) is 0.101. The number of piperidine rings is 2. The highest BCUT2D eigenvalue weighted by Crippen LogP contribution is 2.32. The van der Waals surface area contributed by atoms with Crippen LogP contribution < -0.4 is 10.1 Å². The molecule has 0 saturated carbocycles. The molecule has 7 nitrogen and oxygen atoms in total. The predicted octanol–water partition coefficient (Wildman–Crippen LogP) is 2.51. The second-order valence-electron chi connectivity index (χ2n) is 7.89. The number of hydrogen-bond donors (Lipinski definition) is 1. The number of nitrogens with zero attached hydrogens (tertiary/aromatic N) is 3. The third-order valence-electron chi connectivity index (χ3n) is 6.30. The van der Waals surface area contributed by atoms with Crippen molar-refractivity contribution in [2.24, 2.45) is 5.92 Å². The molecule has 8 heteroatoms. The Morgan fingerprint density at radius 1 is 1.13 bits per heavy atom. The number of benzene rings is 1. The second kappa shape index (κ2) is 9.62. The molecule has 0 radical (unpaired) electrons. The number of aromatic nitrogens is 2. The lowest BCUT2D eigenvalue weighted by atomic mass is 9.84. The summed E-state index contributed by atoms with van der Waals surface area (Å²) in [7, 11) is 1.61. The fraction of sp³-hybridized carbons (Fsp3) is 0.500. The summed E-state index contributed by atoms with van der Waals surface area (Å²) in [5.74, 6) is 0.996. The van der Waals surface area contributed by atoms with Gasteiger partial charge in [-0.1, -0.05) is 0 Å². The van der Waals surface area contributed by atoms with Gasteiger partial charge < -0.3 is 15.0 Å². The number of rotatable bonds is 5. The van der Waals surface area contributed by atoms with Crippen LogP contribution in [0.5, 0.6) is 5.75 Å². The van der Waals surface area contributed by atoms with E-state index in [-0.39, 0.29) is 30.0 Å². The minimum atomic E-state index is -0.610. The van der Waals surface area contributed by atoms with Gasteiger partial charge in [-0.3, -0.25) is 14.3 Å². The Hall–Kier alpha value is -2.38. The number of ether oxygens (including phenoxy) is 1. The summed E-state index contributed by atoms with van der Waals surface area (Å²) in [6.45, 7) is 2.83. The summed E-state index contributed by atoms with van der Waals surface area (Å²) in [6.07, 6.45) is 6.49. The molecule has 2 aromatic rings.